The zero-order valence-corrected chi connectivity index (χ0v) is 12.8. The van der Waals surface area contributed by atoms with Crippen LogP contribution in [0.25, 0.3) is 11.0 Å². The summed E-state index contributed by atoms with van der Waals surface area (Å²) in [6.45, 7) is 0. The number of amides is 1. The van der Waals surface area contributed by atoms with Crippen molar-refractivity contribution in [1.29, 1.82) is 0 Å². The summed E-state index contributed by atoms with van der Waals surface area (Å²) in [6, 6.07) is 9.46. The Morgan fingerprint density at radius 2 is 2.17 bits per heavy atom. The van der Waals surface area contributed by atoms with Gasteiger partial charge in [0.2, 0.25) is 11.8 Å². The number of ether oxygens (including phenoxy) is 2. The van der Waals surface area contributed by atoms with E-state index < -0.39 is 6.09 Å². The molecule has 2 aromatic heterocycles. The van der Waals surface area contributed by atoms with Gasteiger partial charge in [0.1, 0.15) is 16.2 Å². The van der Waals surface area contributed by atoms with Gasteiger partial charge in [-0.25, -0.2) is 14.2 Å². The number of H-pyrrole nitrogens is 1. The average Bonchev–Trinajstić information content (AvgIpc) is 2.83. The SMILES string of the molecule is COc1ccc2[nH]c(OC(N)=O)c(Sc3cccc(F)c3)c2n1. The van der Waals surface area contributed by atoms with E-state index in [1.807, 2.05) is 0 Å². The lowest BCUT2D eigenvalue weighted by molar-refractivity contribution is 0.208. The number of hydrogen-bond acceptors (Lipinski definition) is 5. The first-order chi connectivity index (χ1) is 11.1. The summed E-state index contributed by atoms with van der Waals surface area (Å²) >= 11 is 1.20. The fourth-order valence-electron chi connectivity index (χ4n) is 2.03. The minimum Gasteiger partial charge on any atom is -0.481 e. The van der Waals surface area contributed by atoms with Crippen LogP contribution in [0.2, 0.25) is 0 Å². The van der Waals surface area contributed by atoms with Crippen LogP contribution >= 0.6 is 11.8 Å². The van der Waals surface area contributed by atoms with E-state index in [-0.39, 0.29) is 11.7 Å². The number of methoxy groups -OCH3 is 1. The fraction of sp³-hybridized carbons (Fsp3) is 0.0667. The molecular weight excluding hydrogens is 321 g/mol. The van der Waals surface area contributed by atoms with Gasteiger partial charge in [0.15, 0.2) is 0 Å². The van der Waals surface area contributed by atoms with Gasteiger partial charge in [-0.2, -0.15) is 0 Å². The molecule has 23 heavy (non-hydrogen) atoms. The van der Waals surface area contributed by atoms with Crippen molar-refractivity contribution in [2.45, 2.75) is 9.79 Å². The van der Waals surface area contributed by atoms with Crippen LogP contribution < -0.4 is 15.2 Å². The van der Waals surface area contributed by atoms with E-state index in [4.69, 9.17) is 15.2 Å². The Balaban J connectivity index is 2.11. The number of pyridine rings is 1. The number of benzene rings is 1. The van der Waals surface area contributed by atoms with E-state index in [2.05, 4.69) is 9.97 Å². The summed E-state index contributed by atoms with van der Waals surface area (Å²) in [7, 11) is 1.50. The highest BCUT2D eigenvalue weighted by atomic mass is 32.2. The predicted molar refractivity (Wildman–Crippen MR) is 83.4 cm³/mol. The van der Waals surface area contributed by atoms with E-state index in [0.29, 0.717) is 26.7 Å². The Hall–Kier alpha value is -2.74. The van der Waals surface area contributed by atoms with Crippen molar-refractivity contribution in [3.8, 4) is 11.8 Å². The number of nitrogens with one attached hydrogen (secondary N) is 1. The van der Waals surface area contributed by atoms with E-state index in [1.165, 1.54) is 31.0 Å². The van der Waals surface area contributed by atoms with Crippen molar-refractivity contribution in [3.63, 3.8) is 0 Å². The van der Waals surface area contributed by atoms with E-state index in [0.717, 1.165) is 0 Å². The number of aromatic nitrogens is 2. The van der Waals surface area contributed by atoms with Gasteiger partial charge in [0.25, 0.3) is 0 Å². The molecule has 0 spiro atoms. The van der Waals surface area contributed by atoms with Gasteiger partial charge >= 0.3 is 6.09 Å². The molecule has 6 nitrogen and oxygen atoms in total. The largest absolute Gasteiger partial charge is 0.481 e. The first-order valence-electron chi connectivity index (χ1n) is 6.54. The third-order valence-electron chi connectivity index (χ3n) is 2.97. The number of carbonyl (C=O) groups is 1. The first kappa shape index (κ1) is 15.2. The Labute approximate surface area is 134 Å². The lowest BCUT2D eigenvalue weighted by Gasteiger charge is -2.04. The van der Waals surface area contributed by atoms with Gasteiger partial charge in [-0.1, -0.05) is 17.8 Å². The van der Waals surface area contributed by atoms with E-state index >= 15 is 0 Å². The minimum atomic E-state index is -0.954. The number of primary amides is 1. The van der Waals surface area contributed by atoms with Gasteiger partial charge in [-0.3, -0.25) is 0 Å². The highest BCUT2D eigenvalue weighted by Crippen LogP contribution is 2.40. The maximum atomic E-state index is 13.4. The summed E-state index contributed by atoms with van der Waals surface area (Å²) in [6.07, 6.45) is -0.954. The Morgan fingerprint density at radius 1 is 1.35 bits per heavy atom. The topological polar surface area (TPSA) is 90.2 Å². The van der Waals surface area contributed by atoms with Crippen LogP contribution in [-0.4, -0.2) is 23.2 Å². The zero-order valence-electron chi connectivity index (χ0n) is 12.0. The molecule has 0 aliphatic heterocycles. The molecule has 3 N–H and O–H groups in total. The molecule has 0 fully saturated rings. The highest BCUT2D eigenvalue weighted by molar-refractivity contribution is 7.99. The Morgan fingerprint density at radius 3 is 2.87 bits per heavy atom. The summed E-state index contributed by atoms with van der Waals surface area (Å²) in [5.74, 6) is 0.198. The summed E-state index contributed by atoms with van der Waals surface area (Å²) in [5, 5.41) is 0. The smallest absolute Gasteiger partial charge is 0.411 e. The van der Waals surface area contributed by atoms with E-state index in [1.54, 1.807) is 24.3 Å². The molecule has 118 valence electrons. The number of nitrogens with zero attached hydrogens (tertiary/aromatic N) is 1. The lowest BCUT2D eigenvalue weighted by Crippen LogP contribution is -2.16. The summed E-state index contributed by atoms with van der Waals surface area (Å²) < 4.78 is 23.5. The maximum absolute atomic E-state index is 13.4. The molecule has 0 radical (unpaired) electrons. The molecule has 0 aliphatic carbocycles. The second-order valence-electron chi connectivity index (χ2n) is 4.51. The van der Waals surface area contributed by atoms with Gasteiger partial charge in [0.05, 0.1) is 12.6 Å². The molecule has 0 unspecified atom stereocenters. The number of aromatic amines is 1. The number of carbonyl (C=O) groups excluding carboxylic acids is 1. The molecule has 0 saturated carbocycles. The summed E-state index contributed by atoms with van der Waals surface area (Å²) in [5.41, 5.74) is 6.27. The van der Waals surface area contributed by atoms with Gasteiger partial charge in [-0.15, -0.1) is 0 Å². The van der Waals surface area contributed by atoms with Crippen LogP contribution in [0.1, 0.15) is 0 Å². The molecule has 1 amide bonds. The molecule has 0 bridgehead atoms. The third-order valence-corrected chi connectivity index (χ3v) is 4.04. The molecule has 0 atom stereocenters. The third kappa shape index (κ3) is 3.21. The van der Waals surface area contributed by atoms with Gasteiger partial charge in [-0.05, 0) is 24.3 Å². The molecule has 2 heterocycles. The van der Waals surface area contributed by atoms with Crippen LogP contribution in [0.15, 0.2) is 46.2 Å². The van der Waals surface area contributed by atoms with Crippen molar-refractivity contribution >= 4 is 28.9 Å². The maximum Gasteiger partial charge on any atom is 0.411 e. The van der Waals surface area contributed by atoms with Crippen LogP contribution in [0.4, 0.5) is 9.18 Å². The van der Waals surface area contributed by atoms with Crippen molar-refractivity contribution < 1.29 is 18.7 Å². The van der Waals surface area contributed by atoms with Crippen LogP contribution in [0.3, 0.4) is 0 Å². The number of nitrogens with two attached hydrogens (primary N) is 1. The zero-order chi connectivity index (χ0) is 16.4. The Kier molecular flexibility index (Phi) is 4.07. The van der Waals surface area contributed by atoms with Crippen molar-refractivity contribution in [1.82, 2.24) is 9.97 Å². The molecule has 1 aromatic carbocycles. The number of rotatable bonds is 4. The standard InChI is InChI=1S/C15H12FN3O3S/c1-21-11-6-5-10-12(19-11)13(14(18-10)22-15(17)20)23-9-4-2-3-8(16)7-9/h2-7,18H,1H3,(H2,17,20). The molecule has 3 aromatic rings. The Bertz CT molecular complexity index is 882. The second kappa shape index (κ2) is 6.17. The molecule has 0 saturated heterocycles. The number of halogens is 1. The molecule has 3 rings (SSSR count). The van der Waals surface area contributed by atoms with Crippen molar-refractivity contribution in [2.24, 2.45) is 5.73 Å². The quantitative estimate of drug-likeness (QED) is 0.764. The summed E-state index contributed by atoms with van der Waals surface area (Å²) in [4.78, 5) is 19.5. The van der Waals surface area contributed by atoms with Crippen LogP contribution in [-0.2, 0) is 0 Å². The molecule has 8 heteroatoms. The molecule has 0 aliphatic rings. The van der Waals surface area contributed by atoms with Crippen molar-refractivity contribution in [3.05, 3.63) is 42.2 Å². The van der Waals surface area contributed by atoms with Crippen LogP contribution in [0, 0.1) is 5.82 Å². The minimum absolute atomic E-state index is 0.155. The normalized spacial score (nSPS) is 10.7. The highest BCUT2D eigenvalue weighted by Gasteiger charge is 2.18. The average molecular weight is 333 g/mol. The van der Waals surface area contributed by atoms with Gasteiger partial charge in [0, 0.05) is 11.0 Å². The van der Waals surface area contributed by atoms with Crippen LogP contribution in [0.5, 0.6) is 11.8 Å². The van der Waals surface area contributed by atoms with Gasteiger partial charge < -0.3 is 20.2 Å². The fourth-order valence-corrected chi connectivity index (χ4v) is 3.02. The van der Waals surface area contributed by atoms with Crippen molar-refractivity contribution in [2.75, 3.05) is 7.11 Å². The first-order valence-corrected chi connectivity index (χ1v) is 7.36. The second-order valence-corrected chi connectivity index (χ2v) is 5.60. The lowest BCUT2D eigenvalue weighted by atomic mass is 10.3. The van der Waals surface area contributed by atoms with E-state index in [9.17, 15) is 9.18 Å². The monoisotopic (exact) mass is 333 g/mol. The molecular formula is C15H12FN3O3S. The number of hydrogen-bond donors (Lipinski definition) is 2. The predicted octanol–water partition coefficient (Wildman–Crippen LogP) is 3.32. The number of fused-ring (bicyclic) bond motifs is 1.